The highest BCUT2D eigenvalue weighted by atomic mass is 16.5. The molecule has 2 aromatic rings. The number of hydrogen-bond donors (Lipinski definition) is 3. The van der Waals surface area contributed by atoms with E-state index in [1.165, 1.54) is 0 Å². The Balaban J connectivity index is 1.59. The number of carbonyl (C=O) groups excluding carboxylic acids is 1. The van der Waals surface area contributed by atoms with E-state index in [2.05, 4.69) is 16.0 Å². The maximum atomic E-state index is 12.2. The molecule has 0 heterocycles. The Hall–Kier alpha value is -3.06. The molecule has 0 atom stereocenters. The van der Waals surface area contributed by atoms with Crippen LogP contribution in [0.25, 0.3) is 0 Å². The number of nitrogens with one attached hydrogen (secondary N) is 3. The van der Waals surface area contributed by atoms with Crippen LogP contribution in [0, 0.1) is 5.92 Å². The van der Waals surface area contributed by atoms with Crippen molar-refractivity contribution in [2.24, 2.45) is 10.9 Å². The van der Waals surface area contributed by atoms with Crippen LogP contribution in [-0.2, 0) is 16.1 Å². The summed E-state index contributed by atoms with van der Waals surface area (Å²) in [7, 11) is 1.69. The lowest BCUT2D eigenvalue weighted by molar-refractivity contribution is -0.122. The van der Waals surface area contributed by atoms with E-state index in [4.69, 9.17) is 14.5 Å². The zero-order valence-corrected chi connectivity index (χ0v) is 19.0. The topological polar surface area (TPSA) is 84.0 Å². The van der Waals surface area contributed by atoms with Crippen LogP contribution in [0.1, 0.15) is 38.2 Å². The van der Waals surface area contributed by atoms with Crippen LogP contribution in [0.5, 0.6) is 5.75 Å². The van der Waals surface area contributed by atoms with Gasteiger partial charge in [-0.3, -0.25) is 4.79 Å². The summed E-state index contributed by atoms with van der Waals surface area (Å²) in [5, 5.41) is 9.63. The summed E-state index contributed by atoms with van der Waals surface area (Å²) < 4.78 is 10.8. The molecule has 0 bridgehead atoms. The van der Waals surface area contributed by atoms with Crippen molar-refractivity contribution in [1.29, 1.82) is 0 Å². The van der Waals surface area contributed by atoms with Gasteiger partial charge in [-0.1, -0.05) is 24.6 Å². The first-order valence-corrected chi connectivity index (χ1v) is 11.3. The summed E-state index contributed by atoms with van der Waals surface area (Å²) in [6.45, 7) is 4.56. The lowest BCUT2D eigenvalue weighted by Gasteiger charge is -2.24. The number of hydrogen-bond acceptors (Lipinski definition) is 4. The first-order chi connectivity index (χ1) is 15.7. The van der Waals surface area contributed by atoms with Crippen molar-refractivity contribution in [1.82, 2.24) is 5.32 Å². The highest BCUT2D eigenvalue weighted by Gasteiger charge is 2.25. The number of nitrogens with zero attached hydrogens (tertiary/aromatic N) is 1. The molecule has 7 heteroatoms. The predicted octanol–water partition coefficient (Wildman–Crippen LogP) is 4.42. The Kier molecular flexibility index (Phi) is 9.37. The summed E-state index contributed by atoms with van der Waals surface area (Å²) in [6.07, 6.45) is 3.98. The third-order valence-corrected chi connectivity index (χ3v) is 5.29. The number of anilines is 2. The molecule has 32 heavy (non-hydrogen) atoms. The number of methoxy groups -OCH3 is 1. The molecule has 172 valence electrons. The van der Waals surface area contributed by atoms with Gasteiger partial charge in [-0.25, -0.2) is 4.99 Å². The third-order valence-electron chi connectivity index (χ3n) is 5.29. The van der Waals surface area contributed by atoms with E-state index in [1.54, 1.807) is 7.11 Å². The first kappa shape index (κ1) is 23.6. The summed E-state index contributed by atoms with van der Waals surface area (Å²) in [5.41, 5.74) is 2.75. The predicted molar refractivity (Wildman–Crippen MR) is 129 cm³/mol. The van der Waals surface area contributed by atoms with Gasteiger partial charge < -0.3 is 25.4 Å². The van der Waals surface area contributed by atoms with Gasteiger partial charge in [0, 0.05) is 50.0 Å². The van der Waals surface area contributed by atoms with Crippen LogP contribution in [0.4, 0.5) is 11.4 Å². The highest BCUT2D eigenvalue weighted by molar-refractivity contribution is 5.94. The molecule has 1 saturated carbocycles. The van der Waals surface area contributed by atoms with Gasteiger partial charge in [-0.05, 0) is 49.6 Å². The summed E-state index contributed by atoms with van der Waals surface area (Å²) >= 11 is 0. The average molecular weight is 439 g/mol. The van der Waals surface area contributed by atoms with Crippen LogP contribution in [0.15, 0.2) is 53.5 Å². The van der Waals surface area contributed by atoms with Crippen LogP contribution < -0.4 is 20.7 Å². The third kappa shape index (κ3) is 7.57. The lowest BCUT2D eigenvalue weighted by atomic mass is 9.85. The number of amides is 1. The fourth-order valence-corrected chi connectivity index (χ4v) is 3.33. The summed E-state index contributed by atoms with van der Waals surface area (Å²) in [5.74, 6) is 1.78. The number of aliphatic imine (C=N–C) groups is 1. The van der Waals surface area contributed by atoms with Gasteiger partial charge in [0.25, 0.3) is 0 Å². The molecule has 0 saturated heterocycles. The van der Waals surface area contributed by atoms with Crippen molar-refractivity contribution in [2.75, 3.05) is 37.5 Å². The average Bonchev–Trinajstić information content (AvgIpc) is 2.75. The van der Waals surface area contributed by atoms with E-state index < -0.39 is 0 Å². The molecule has 0 aliphatic heterocycles. The number of guanidine groups is 1. The number of ether oxygens (including phenoxy) is 2. The normalized spacial score (nSPS) is 13.9. The van der Waals surface area contributed by atoms with Crippen molar-refractivity contribution in [3.05, 3.63) is 54.1 Å². The van der Waals surface area contributed by atoms with Crippen LogP contribution in [0.3, 0.4) is 0 Å². The second kappa shape index (κ2) is 12.7. The van der Waals surface area contributed by atoms with Gasteiger partial charge in [-0.15, -0.1) is 0 Å². The maximum Gasteiger partial charge on any atom is 0.227 e. The van der Waals surface area contributed by atoms with Crippen molar-refractivity contribution in [3.8, 4) is 5.75 Å². The SMILES string of the molecule is CCNC(=NCc1cccc(NC(=O)C2CCC2)c1)Nc1cccc(OCCCOC)c1. The van der Waals surface area contributed by atoms with E-state index >= 15 is 0 Å². The van der Waals surface area contributed by atoms with Gasteiger partial charge >= 0.3 is 0 Å². The Bertz CT molecular complexity index is 896. The van der Waals surface area contributed by atoms with Crippen molar-refractivity contribution in [2.45, 2.75) is 39.2 Å². The van der Waals surface area contributed by atoms with E-state index in [9.17, 15) is 4.79 Å². The molecular weight excluding hydrogens is 404 g/mol. The molecule has 1 aliphatic carbocycles. The molecule has 0 aromatic heterocycles. The Morgan fingerprint density at radius 1 is 1.06 bits per heavy atom. The zero-order valence-electron chi connectivity index (χ0n) is 19.0. The number of rotatable bonds is 11. The number of carbonyl (C=O) groups is 1. The van der Waals surface area contributed by atoms with Crippen LogP contribution in [0.2, 0.25) is 0 Å². The van der Waals surface area contributed by atoms with E-state index in [0.717, 1.165) is 54.9 Å². The van der Waals surface area contributed by atoms with Gasteiger partial charge in [0.05, 0.1) is 13.2 Å². The number of benzene rings is 2. The maximum absolute atomic E-state index is 12.2. The van der Waals surface area contributed by atoms with Crippen molar-refractivity contribution >= 4 is 23.2 Å². The molecule has 1 fully saturated rings. The first-order valence-electron chi connectivity index (χ1n) is 11.3. The smallest absolute Gasteiger partial charge is 0.227 e. The molecule has 0 unspecified atom stereocenters. The Morgan fingerprint density at radius 2 is 1.84 bits per heavy atom. The van der Waals surface area contributed by atoms with E-state index in [-0.39, 0.29) is 11.8 Å². The van der Waals surface area contributed by atoms with Crippen LogP contribution in [-0.4, -0.2) is 38.7 Å². The molecule has 2 aromatic carbocycles. The van der Waals surface area contributed by atoms with Crippen molar-refractivity contribution in [3.63, 3.8) is 0 Å². The summed E-state index contributed by atoms with van der Waals surface area (Å²) in [6, 6.07) is 15.7. The van der Waals surface area contributed by atoms with E-state index in [1.807, 2.05) is 55.5 Å². The molecule has 7 nitrogen and oxygen atoms in total. The Labute approximate surface area is 190 Å². The molecule has 1 amide bonds. The van der Waals surface area contributed by atoms with Crippen LogP contribution >= 0.6 is 0 Å². The molecule has 0 spiro atoms. The molecule has 1 aliphatic rings. The van der Waals surface area contributed by atoms with Gasteiger partial charge in [-0.2, -0.15) is 0 Å². The molecule has 3 rings (SSSR count). The van der Waals surface area contributed by atoms with E-state index in [0.29, 0.717) is 25.7 Å². The molecule has 3 N–H and O–H groups in total. The van der Waals surface area contributed by atoms with Gasteiger partial charge in [0.1, 0.15) is 5.75 Å². The monoisotopic (exact) mass is 438 g/mol. The molecular formula is C25H34N4O3. The minimum absolute atomic E-state index is 0.122. The van der Waals surface area contributed by atoms with Crippen molar-refractivity contribution < 1.29 is 14.3 Å². The minimum atomic E-state index is 0.122. The van der Waals surface area contributed by atoms with Gasteiger partial charge in [0.2, 0.25) is 5.91 Å². The second-order valence-electron chi connectivity index (χ2n) is 7.86. The lowest BCUT2D eigenvalue weighted by Crippen LogP contribution is -2.30. The highest BCUT2D eigenvalue weighted by Crippen LogP contribution is 2.27. The quantitative estimate of drug-likeness (QED) is 0.275. The second-order valence-corrected chi connectivity index (χ2v) is 7.86. The molecule has 0 radical (unpaired) electrons. The summed E-state index contributed by atoms with van der Waals surface area (Å²) in [4.78, 5) is 16.9. The zero-order chi connectivity index (χ0) is 22.6. The largest absolute Gasteiger partial charge is 0.493 e. The Morgan fingerprint density at radius 3 is 2.56 bits per heavy atom. The fourth-order valence-electron chi connectivity index (χ4n) is 3.33. The minimum Gasteiger partial charge on any atom is -0.493 e. The standard InChI is InChI=1S/C25H34N4O3/c1-3-26-25(29-22-12-6-13-23(17-22)32-15-7-14-31-2)27-18-19-8-4-11-21(16-19)28-24(30)20-9-5-10-20/h4,6,8,11-13,16-17,20H,3,5,7,9-10,14-15,18H2,1-2H3,(H,28,30)(H2,26,27,29). The fraction of sp³-hybridized carbons (Fsp3) is 0.440. The van der Waals surface area contributed by atoms with Gasteiger partial charge in [0.15, 0.2) is 5.96 Å².